The van der Waals surface area contributed by atoms with Crippen LogP contribution in [-0.2, 0) is 16.6 Å². The minimum absolute atomic E-state index is 0.00197. The first-order valence-electron chi connectivity index (χ1n) is 6.41. The van der Waals surface area contributed by atoms with Crippen LogP contribution in [0, 0.1) is 5.82 Å². The number of rotatable bonds is 6. The molecular weight excluding hydrogens is 269 g/mol. The molecule has 0 heterocycles. The summed E-state index contributed by atoms with van der Waals surface area (Å²) in [6.45, 7) is 1.99. The molecule has 0 saturated heterocycles. The zero-order valence-electron chi connectivity index (χ0n) is 10.8. The van der Waals surface area contributed by atoms with Gasteiger partial charge in [0.15, 0.2) is 0 Å². The van der Waals surface area contributed by atoms with Gasteiger partial charge < -0.3 is 5.11 Å². The van der Waals surface area contributed by atoms with Gasteiger partial charge in [-0.25, -0.2) is 12.8 Å². The Balaban J connectivity index is 2.42. The lowest BCUT2D eigenvalue weighted by molar-refractivity contribution is 0.281. The normalized spacial score (nSPS) is 16.0. The van der Waals surface area contributed by atoms with Crippen LogP contribution >= 0.6 is 0 Å². The summed E-state index contributed by atoms with van der Waals surface area (Å²) >= 11 is 0. The van der Waals surface area contributed by atoms with Crippen LogP contribution in [0.3, 0.4) is 0 Å². The van der Waals surface area contributed by atoms with Crippen LogP contribution < -0.4 is 0 Å². The van der Waals surface area contributed by atoms with Crippen molar-refractivity contribution in [3.8, 4) is 0 Å². The van der Waals surface area contributed by atoms with Crippen molar-refractivity contribution in [2.45, 2.75) is 43.7 Å². The van der Waals surface area contributed by atoms with Gasteiger partial charge in [-0.1, -0.05) is 13.0 Å². The van der Waals surface area contributed by atoms with Crippen LogP contribution in [0.5, 0.6) is 0 Å². The van der Waals surface area contributed by atoms with E-state index in [2.05, 4.69) is 0 Å². The highest BCUT2D eigenvalue weighted by molar-refractivity contribution is 7.89. The third-order valence-electron chi connectivity index (χ3n) is 3.16. The largest absolute Gasteiger partial charge is 0.392 e. The molecule has 1 aliphatic rings. The second-order valence-electron chi connectivity index (χ2n) is 4.77. The number of benzene rings is 1. The molecule has 4 nitrogen and oxygen atoms in total. The van der Waals surface area contributed by atoms with Crippen LogP contribution in [0.25, 0.3) is 0 Å². The van der Waals surface area contributed by atoms with E-state index in [0.29, 0.717) is 18.5 Å². The van der Waals surface area contributed by atoms with Crippen LogP contribution in [-0.4, -0.2) is 30.4 Å². The number of nitrogens with zero attached hydrogens (tertiary/aromatic N) is 1. The van der Waals surface area contributed by atoms with Crippen molar-refractivity contribution < 1.29 is 17.9 Å². The molecule has 0 bridgehead atoms. The summed E-state index contributed by atoms with van der Waals surface area (Å²) in [5, 5.41) is 9.05. The van der Waals surface area contributed by atoms with Crippen molar-refractivity contribution in [3.63, 3.8) is 0 Å². The van der Waals surface area contributed by atoms with Gasteiger partial charge in [0.25, 0.3) is 0 Å². The molecule has 106 valence electrons. The number of aliphatic hydroxyl groups excluding tert-OH is 1. The fourth-order valence-electron chi connectivity index (χ4n) is 2.05. The maximum atomic E-state index is 13.8. The van der Waals surface area contributed by atoms with Gasteiger partial charge >= 0.3 is 0 Å². The molecule has 19 heavy (non-hydrogen) atoms. The van der Waals surface area contributed by atoms with Crippen molar-refractivity contribution in [2.75, 3.05) is 6.54 Å². The summed E-state index contributed by atoms with van der Waals surface area (Å²) in [4.78, 5) is -0.334. The van der Waals surface area contributed by atoms with E-state index in [0.717, 1.165) is 18.9 Å². The fraction of sp³-hybridized carbons (Fsp3) is 0.538. The van der Waals surface area contributed by atoms with Crippen molar-refractivity contribution in [2.24, 2.45) is 0 Å². The maximum Gasteiger partial charge on any atom is 0.246 e. The summed E-state index contributed by atoms with van der Waals surface area (Å²) in [5.74, 6) is -0.765. The van der Waals surface area contributed by atoms with Gasteiger partial charge in [-0.15, -0.1) is 0 Å². The first-order chi connectivity index (χ1) is 9.00. The lowest BCUT2D eigenvalue weighted by Gasteiger charge is -2.21. The molecule has 0 unspecified atom stereocenters. The summed E-state index contributed by atoms with van der Waals surface area (Å²) in [6.07, 6.45) is 2.36. The Labute approximate surface area is 112 Å². The molecular formula is C13H18FNO3S. The van der Waals surface area contributed by atoms with E-state index in [1.165, 1.54) is 16.4 Å². The summed E-state index contributed by atoms with van der Waals surface area (Å²) in [5.41, 5.74) is 0.396. The number of hydrogen-bond acceptors (Lipinski definition) is 3. The second kappa shape index (κ2) is 5.56. The average Bonchev–Trinajstić information content (AvgIpc) is 3.20. The zero-order chi connectivity index (χ0) is 14.0. The summed E-state index contributed by atoms with van der Waals surface area (Å²) in [6, 6.07) is 3.70. The van der Waals surface area contributed by atoms with Crippen LogP contribution in [0.4, 0.5) is 4.39 Å². The maximum absolute atomic E-state index is 13.8. The lowest BCUT2D eigenvalue weighted by Crippen LogP contribution is -2.34. The van der Waals surface area contributed by atoms with Crippen molar-refractivity contribution >= 4 is 10.0 Å². The average molecular weight is 287 g/mol. The molecule has 1 aliphatic carbocycles. The number of hydrogen-bond donors (Lipinski definition) is 1. The topological polar surface area (TPSA) is 57.6 Å². The van der Waals surface area contributed by atoms with Gasteiger partial charge in [0.05, 0.1) is 6.61 Å². The standard InChI is InChI=1S/C13H18FNO3S/c1-2-7-15(11-4-5-11)19(17,18)13-8-10(9-16)3-6-12(13)14/h3,6,8,11,16H,2,4-5,7,9H2,1H3. The second-order valence-corrected chi connectivity index (χ2v) is 6.63. The number of aliphatic hydroxyl groups is 1. The van der Waals surface area contributed by atoms with E-state index in [1.54, 1.807) is 0 Å². The van der Waals surface area contributed by atoms with Crippen LogP contribution in [0.2, 0.25) is 0 Å². The van der Waals surface area contributed by atoms with Gasteiger partial charge in [-0.3, -0.25) is 0 Å². The van der Waals surface area contributed by atoms with E-state index >= 15 is 0 Å². The van der Waals surface area contributed by atoms with Gasteiger partial charge in [0, 0.05) is 12.6 Å². The SMILES string of the molecule is CCCN(C1CC1)S(=O)(=O)c1cc(CO)ccc1F. The fourth-order valence-corrected chi connectivity index (χ4v) is 3.95. The van der Waals surface area contributed by atoms with Crippen LogP contribution in [0.15, 0.2) is 23.1 Å². The summed E-state index contributed by atoms with van der Waals surface area (Å²) in [7, 11) is -3.82. The molecule has 1 aromatic carbocycles. The van der Waals surface area contributed by atoms with Gasteiger partial charge in [0.1, 0.15) is 10.7 Å². The summed E-state index contributed by atoms with van der Waals surface area (Å²) < 4.78 is 40.2. The highest BCUT2D eigenvalue weighted by Gasteiger charge is 2.38. The first kappa shape index (κ1) is 14.4. The highest BCUT2D eigenvalue weighted by Crippen LogP contribution is 2.33. The van der Waals surface area contributed by atoms with E-state index in [9.17, 15) is 12.8 Å². The van der Waals surface area contributed by atoms with E-state index < -0.39 is 15.8 Å². The molecule has 0 aliphatic heterocycles. The third-order valence-corrected chi connectivity index (χ3v) is 5.13. The Morgan fingerprint density at radius 2 is 2.11 bits per heavy atom. The monoisotopic (exact) mass is 287 g/mol. The lowest BCUT2D eigenvalue weighted by atomic mass is 10.2. The van der Waals surface area contributed by atoms with Crippen LogP contribution in [0.1, 0.15) is 31.7 Å². The van der Waals surface area contributed by atoms with E-state index in [-0.39, 0.29) is 17.5 Å². The minimum Gasteiger partial charge on any atom is -0.392 e. The molecule has 0 atom stereocenters. The third kappa shape index (κ3) is 2.96. The molecule has 0 radical (unpaired) electrons. The van der Waals surface area contributed by atoms with Crippen molar-refractivity contribution in [1.82, 2.24) is 4.31 Å². The molecule has 0 amide bonds. The minimum atomic E-state index is -3.82. The van der Waals surface area contributed by atoms with Crippen molar-refractivity contribution in [3.05, 3.63) is 29.6 Å². The predicted molar refractivity (Wildman–Crippen MR) is 69.5 cm³/mol. The molecule has 0 aromatic heterocycles. The highest BCUT2D eigenvalue weighted by atomic mass is 32.2. The Kier molecular flexibility index (Phi) is 4.23. The number of halogens is 1. The van der Waals surface area contributed by atoms with Gasteiger partial charge in [0.2, 0.25) is 10.0 Å². The Morgan fingerprint density at radius 3 is 2.63 bits per heavy atom. The van der Waals surface area contributed by atoms with E-state index in [1.807, 2.05) is 6.92 Å². The molecule has 0 spiro atoms. The molecule has 2 rings (SSSR count). The molecule has 1 saturated carbocycles. The molecule has 1 N–H and O–H groups in total. The first-order valence-corrected chi connectivity index (χ1v) is 7.85. The molecule has 6 heteroatoms. The Hall–Kier alpha value is -0.980. The predicted octanol–water partition coefficient (Wildman–Crippen LogP) is 1.88. The van der Waals surface area contributed by atoms with Gasteiger partial charge in [-0.2, -0.15) is 4.31 Å². The van der Waals surface area contributed by atoms with E-state index in [4.69, 9.17) is 5.11 Å². The van der Waals surface area contributed by atoms with Crippen molar-refractivity contribution in [1.29, 1.82) is 0 Å². The van der Waals surface area contributed by atoms with Gasteiger partial charge in [-0.05, 0) is 37.0 Å². The Bertz CT molecular complexity index is 555. The smallest absolute Gasteiger partial charge is 0.246 e. The Morgan fingerprint density at radius 1 is 1.42 bits per heavy atom. The molecule has 1 fully saturated rings. The quantitative estimate of drug-likeness (QED) is 0.869. The zero-order valence-corrected chi connectivity index (χ0v) is 11.7. The number of sulfonamides is 1. The molecule has 1 aromatic rings.